The number of benzene rings is 1. The number of aromatic nitrogens is 2. The Morgan fingerprint density at radius 1 is 1.08 bits per heavy atom. The molecule has 0 saturated carbocycles. The second-order valence-electron chi connectivity index (χ2n) is 6.59. The molecule has 0 aliphatic rings. The molecule has 3 rings (SSSR count). The van der Waals surface area contributed by atoms with Gasteiger partial charge < -0.3 is 14.0 Å². The predicted octanol–water partition coefficient (Wildman–Crippen LogP) is 4.92. The van der Waals surface area contributed by atoms with Gasteiger partial charge in [-0.05, 0) is 50.5 Å². The molecule has 4 nitrogen and oxygen atoms in total. The molecule has 0 unspecified atom stereocenters. The van der Waals surface area contributed by atoms with Crippen molar-refractivity contribution in [1.29, 1.82) is 0 Å². The monoisotopic (exact) mass is 374 g/mol. The Balaban J connectivity index is 0.00000243. The van der Waals surface area contributed by atoms with Crippen LogP contribution < -0.4 is 4.74 Å². The van der Waals surface area contributed by atoms with Crippen LogP contribution >= 0.6 is 12.4 Å². The normalized spacial score (nSPS) is 10.8. The second-order valence-corrected chi connectivity index (χ2v) is 6.59. The van der Waals surface area contributed by atoms with Crippen LogP contribution in [-0.2, 0) is 17.9 Å². The summed E-state index contributed by atoms with van der Waals surface area (Å²) in [7, 11) is 1.73. The van der Waals surface area contributed by atoms with E-state index in [4.69, 9.17) is 9.47 Å². The molecule has 0 aliphatic carbocycles. The highest BCUT2D eigenvalue weighted by molar-refractivity contribution is 5.88. The van der Waals surface area contributed by atoms with E-state index < -0.39 is 0 Å². The molecule has 0 saturated heterocycles. The number of hydrogen-bond acceptors (Lipinski definition) is 3. The lowest BCUT2D eigenvalue weighted by molar-refractivity contribution is 0.187. The molecule has 0 fully saturated rings. The summed E-state index contributed by atoms with van der Waals surface area (Å²) in [6, 6.07) is 8.50. The molecule has 0 amide bonds. The van der Waals surface area contributed by atoms with E-state index in [2.05, 4.69) is 61.5 Å². The Labute approximate surface area is 161 Å². The van der Waals surface area contributed by atoms with Crippen molar-refractivity contribution < 1.29 is 9.47 Å². The minimum atomic E-state index is 0. The van der Waals surface area contributed by atoms with Gasteiger partial charge in [0, 0.05) is 30.9 Å². The van der Waals surface area contributed by atoms with Crippen molar-refractivity contribution in [3.8, 4) is 5.88 Å². The topological polar surface area (TPSA) is 36.3 Å². The smallest absolute Gasteiger partial charge is 0.238 e. The minimum absolute atomic E-state index is 0. The zero-order chi connectivity index (χ0) is 18.0. The van der Waals surface area contributed by atoms with Crippen LogP contribution in [0.15, 0.2) is 30.5 Å². The van der Waals surface area contributed by atoms with Crippen molar-refractivity contribution in [3.63, 3.8) is 0 Å². The van der Waals surface area contributed by atoms with Gasteiger partial charge in [-0.2, -0.15) is 0 Å². The van der Waals surface area contributed by atoms with Gasteiger partial charge in [0.05, 0.1) is 6.61 Å². The predicted molar refractivity (Wildman–Crippen MR) is 109 cm³/mol. The number of aryl methyl sites for hydroxylation is 3. The van der Waals surface area contributed by atoms with Gasteiger partial charge in [0.25, 0.3) is 0 Å². The lowest BCUT2D eigenvalue weighted by Gasteiger charge is -2.13. The molecule has 2 aromatic heterocycles. The number of methoxy groups -OCH3 is 1. The van der Waals surface area contributed by atoms with E-state index in [0.717, 1.165) is 12.1 Å². The van der Waals surface area contributed by atoms with Crippen molar-refractivity contribution >= 4 is 23.3 Å². The first-order chi connectivity index (χ1) is 12.0. The van der Waals surface area contributed by atoms with E-state index in [-0.39, 0.29) is 12.4 Å². The van der Waals surface area contributed by atoms with Crippen LogP contribution in [0.2, 0.25) is 0 Å². The molecular formula is C21H27ClN2O2. The molecule has 5 heteroatoms. The lowest BCUT2D eigenvalue weighted by atomic mass is 10.1. The Morgan fingerprint density at radius 3 is 2.58 bits per heavy atom. The van der Waals surface area contributed by atoms with Gasteiger partial charge in [-0.3, -0.25) is 0 Å². The standard InChI is InChI=1S/C21H26N2O2.ClH/c1-14-6-7-15(2)18(12-14)13-25-21-20-19(8-9-22-21)16(3)17(4)23(20)10-11-24-5;/h6-9,12H,10-11,13H2,1-5H3;1H. The van der Waals surface area contributed by atoms with E-state index in [0.29, 0.717) is 19.1 Å². The van der Waals surface area contributed by atoms with Crippen LogP contribution in [0.25, 0.3) is 10.9 Å². The zero-order valence-electron chi connectivity index (χ0n) is 16.1. The molecule has 1 aromatic carbocycles. The molecule has 0 N–H and O–H groups in total. The van der Waals surface area contributed by atoms with Crippen LogP contribution in [0.5, 0.6) is 5.88 Å². The Kier molecular flexibility index (Phi) is 6.68. The SMILES string of the molecule is COCCn1c(C)c(C)c2ccnc(OCc3cc(C)ccc3C)c21.Cl. The van der Waals surface area contributed by atoms with Gasteiger partial charge in [-0.1, -0.05) is 23.8 Å². The fraction of sp³-hybridized carbons (Fsp3) is 0.381. The summed E-state index contributed by atoms with van der Waals surface area (Å²) in [6.07, 6.45) is 1.83. The average molecular weight is 375 g/mol. The molecular weight excluding hydrogens is 348 g/mol. The van der Waals surface area contributed by atoms with Crippen molar-refractivity contribution in [2.75, 3.05) is 13.7 Å². The van der Waals surface area contributed by atoms with Crippen molar-refractivity contribution in [1.82, 2.24) is 9.55 Å². The van der Waals surface area contributed by atoms with E-state index in [1.165, 1.54) is 33.3 Å². The highest BCUT2D eigenvalue weighted by Gasteiger charge is 2.16. The molecule has 0 radical (unpaired) electrons. The third-order valence-electron chi connectivity index (χ3n) is 4.90. The summed E-state index contributed by atoms with van der Waals surface area (Å²) in [4.78, 5) is 4.51. The lowest BCUT2D eigenvalue weighted by Crippen LogP contribution is -2.08. The molecule has 0 bridgehead atoms. The molecule has 0 atom stereocenters. The first-order valence-corrected chi connectivity index (χ1v) is 8.65. The van der Waals surface area contributed by atoms with E-state index in [9.17, 15) is 0 Å². The first-order valence-electron chi connectivity index (χ1n) is 8.65. The molecule has 140 valence electrons. The van der Waals surface area contributed by atoms with Crippen LogP contribution in [0, 0.1) is 27.7 Å². The highest BCUT2D eigenvalue weighted by Crippen LogP contribution is 2.31. The third kappa shape index (κ3) is 3.87. The second kappa shape index (κ2) is 8.56. The summed E-state index contributed by atoms with van der Waals surface area (Å²) in [5.74, 6) is 0.686. The number of pyridine rings is 1. The van der Waals surface area contributed by atoms with Gasteiger partial charge >= 0.3 is 0 Å². The minimum Gasteiger partial charge on any atom is -0.471 e. The van der Waals surface area contributed by atoms with Crippen LogP contribution in [0.1, 0.15) is 27.9 Å². The molecule has 0 aliphatic heterocycles. The largest absolute Gasteiger partial charge is 0.471 e. The first kappa shape index (κ1) is 20.3. The summed E-state index contributed by atoms with van der Waals surface area (Å²) < 4.78 is 13.7. The van der Waals surface area contributed by atoms with Crippen molar-refractivity contribution in [2.24, 2.45) is 0 Å². The number of nitrogens with zero attached hydrogens (tertiary/aromatic N) is 2. The van der Waals surface area contributed by atoms with Crippen LogP contribution in [0.3, 0.4) is 0 Å². The maximum absolute atomic E-state index is 6.16. The molecule has 0 spiro atoms. The molecule has 2 heterocycles. The van der Waals surface area contributed by atoms with Gasteiger partial charge in [-0.15, -0.1) is 12.4 Å². The van der Waals surface area contributed by atoms with E-state index in [1.54, 1.807) is 7.11 Å². The Hall–Kier alpha value is -2.04. The summed E-state index contributed by atoms with van der Waals surface area (Å²) in [6.45, 7) is 10.5. The van der Waals surface area contributed by atoms with Gasteiger partial charge in [0.1, 0.15) is 12.1 Å². The number of hydrogen-bond donors (Lipinski definition) is 0. The Bertz CT molecular complexity index is 903. The van der Waals surface area contributed by atoms with Crippen LogP contribution in [-0.4, -0.2) is 23.3 Å². The van der Waals surface area contributed by atoms with Gasteiger partial charge in [0.2, 0.25) is 5.88 Å². The van der Waals surface area contributed by atoms with Gasteiger partial charge in [0.15, 0.2) is 0 Å². The number of ether oxygens (including phenoxy) is 2. The maximum atomic E-state index is 6.16. The summed E-state index contributed by atoms with van der Waals surface area (Å²) >= 11 is 0. The fourth-order valence-corrected chi connectivity index (χ4v) is 3.23. The van der Waals surface area contributed by atoms with Crippen molar-refractivity contribution in [3.05, 3.63) is 58.4 Å². The van der Waals surface area contributed by atoms with E-state index in [1.807, 2.05) is 6.20 Å². The Morgan fingerprint density at radius 2 is 1.85 bits per heavy atom. The third-order valence-corrected chi connectivity index (χ3v) is 4.90. The maximum Gasteiger partial charge on any atom is 0.238 e. The van der Waals surface area contributed by atoms with Gasteiger partial charge in [-0.25, -0.2) is 4.98 Å². The molecule has 3 aromatic rings. The van der Waals surface area contributed by atoms with E-state index >= 15 is 0 Å². The van der Waals surface area contributed by atoms with Crippen molar-refractivity contribution in [2.45, 2.75) is 40.8 Å². The molecule has 26 heavy (non-hydrogen) atoms. The summed E-state index contributed by atoms with van der Waals surface area (Å²) in [5, 5.41) is 1.19. The fourth-order valence-electron chi connectivity index (χ4n) is 3.23. The number of halogens is 1. The van der Waals surface area contributed by atoms with Crippen LogP contribution in [0.4, 0.5) is 0 Å². The number of rotatable bonds is 6. The quantitative estimate of drug-likeness (QED) is 0.614. The zero-order valence-corrected chi connectivity index (χ0v) is 16.9. The average Bonchev–Trinajstić information content (AvgIpc) is 2.85. The highest BCUT2D eigenvalue weighted by atomic mass is 35.5. The number of fused-ring (bicyclic) bond motifs is 1. The summed E-state index contributed by atoms with van der Waals surface area (Å²) in [5.41, 5.74) is 7.23.